The SMILES string of the molecule is O=C(O)c1ccc([O-])cc1.O=C(O)c1ccc([O-])cc1.O=C(O)c1ccc([O-])cc1.[Cr+3]. The number of carboxylic acid groups (broad SMARTS) is 3. The van der Waals surface area contributed by atoms with Crippen LogP contribution in [-0.2, 0) is 17.4 Å². The van der Waals surface area contributed by atoms with Gasteiger partial charge < -0.3 is 30.6 Å². The summed E-state index contributed by atoms with van der Waals surface area (Å²) in [6, 6.07) is 15.0. The van der Waals surface area contributed by atoms with Crippen molar-refractivity contribution in [3.63, 3.8) is 0 Å². The van der Waals surface area contributed by atoms with Crippen LogP contribution in [-0.4, -0.2) is 33.2 Å². The summed E-state index contributed by atoms with van der Waals surface area (Å²) in [5.74, 6) is -3.57. The van der Waals surface area contributed by atoms with E-state index in [2.05, 4.69) is 0 Å². The van der Waals surface area contributed by atoms with Crippen molar-refractivity contribution in [2.24, 2.45) is 0 Å². The predicted octanol–water partition coefficient (Wildman–Crippen LogP) is 1.37. The molecule has 0 saturated carbocycles. The van der Waals surface area contributed by atoms with Crippen molar-refractivity contribution >= 4 is 17.9 Å². The van der Waals surface area contributed by atoms with Gasteiger partial charge in [-0.05, 0) is 36.4 Å². The van der Waals surface area contributed by atoms with Crippen molar-refractivity contribution in [1.82, 2.24) is 0 Å². The van der Waals surface area contributed by atoms with E-state index >= 15 is 0 Å². The van der Waals surface area contributed by atoms with Crippen LogP contribution in [0.15, 0.2) is 72.8 Å². The molecule has 0 aromatic heterocycles. The molecule has 0 bridgehead atoms. The molecule has 0 aliphatic rings. The predicted molar refractivity (Wildman–Crippen MR) is 98.5 cm³/mol. The van der Waals surface area contributed by atoms with Crippen molar-refractivity contribution in [3.8, 4) is 17.2 Å². The van der Waals surface area contributed by atoms with Gasteiger partial charge in [-0.15, -0.1) is 17.2 Å². The first-order chi connectivity index (χ1) is 14.1. The number of hydrogen-bond donors (Lipinski definition) is 3. The Morgan fingerprint density at radius 3 is 0.742 bits per heavy atom. The van der Waals surface area contributed by atoms with E-state index < -0.39 is 17.9 Å². The zero-order valence-electron chi connectivity index (χ0n) is 15.6. The summed E-state index contributed by atoms with van der Waals surface area (Å²) in [5.41, 5.74) is 0.416. The summed E-state index contributed by atoms with van der Waals surface area (Å²) in [6.07, 6.45) is 0. The molecular formula is C21H15CrO9. The molecule has 0 atom stereocenters. The Kier molecular flexibility index (Phi) is 11.6. The van der Waals surface area contributed by atoms with E-state index in [0.717, 1.165) is 0 Å². The average Bonchev–Trinajstić information content (AvgIpc) is 2.70. The van der Waals surface area contributed by atoms with Crippen LogP contribution in [0.5, 0.6) is 17.2 Å². The van der Waals surface area contributed by atoms with Crippen LogP contribution in [0.3, 0.4) is 0 Å². The zero-order valence-corrected chi connectivity index (χ0v) is 16.9. The van der Waals surface area contributed by atoms with E-state index in [4.69, 9.17) is 15.3 Å². The van der Waals surface area contributed by atoms with Crippen LogP contribution in [0.2, 0.25) is 0 Å². The Bertz CT molecular complexity index is 851. The fraction of sp³-hybridized carbons (Fsp3) is 0. The monoisotopic (exact) mass is 463 g/mol. The van der Waals surface area contributed by atoms with Gasteiger partial charge in [0, 0.05) is 0 Å². The van der Waals surface area contributed by atoms with E-state index in [1.165, 1.54) is 72.8 Å². The summed E-state index contributed by atoms with van der Waals surface area (Å²) in [6.45, 7) is 0. The molecule has 0 spiro atoms. The van der Waals surface area contributed by atoms with Crippen molar-refractivity contribution in [1.29, 1.82) is 0 Å². The molecule has 3 aromatic carbocycles. The van der Waals surface area contributed by atoms with E-state index in [-0.39, 0.29) is 51.3 Å². The van der Waals surface area contributed by atoms with Crippen molar-refractivity contribution in [2.75, 3.05) is 0 Å². The molecule has 9 nitrogen and oxygen atoms in total. The molecule has 3 N–H and O–H groups in total. The maximum absolute atomic E-state index is 10.5. The maximum atomic E-state index is 10.5. The van der Waals surface area contributed by atoms with E-state index in [1.54, 1.807) is 0 Å². The van der Waals surface area contributed by atoms with E-state index in [0.29, 0.717) is 0 Å². The second-order valence-corrected chi connectivity index (χ2v) is 5.49. The molecular weight excluding hydrogens is 448 g/mol. The molecule has 0 heterocycles. The minimum atomic E-state index is -1.01. The quantitative estimate of drug-likeness (QED) is 0.517. The maximum Gasteiger partial charge on any atom is 3.00 e. The van der Waals surface area contributed by atoms with Gasteiger partial charge in [0.15, 0.2) is 0 Å². The van der Waals surface area contributed by atoms with Gasteiger partial charge in [0.1, 0.15) is 0 Å². The molecule has 31 heavy (non-hydrogen) atoms. The largest absolute Gasteiger partial charge is 3.00 e. The molecule has 0 amide bonds. The third kappa shape index (κ3) is 10.4. The van der Waals surface area contributed by atoms with Crippen LogP contribution in [0.4, 0.5) is 0 Å². The van der Waals surface area contributed by atoms with Crippen molar-refractivity contribution in [2.45, 2.75) is 0 Å². The van der Waals surface area contributed by atoms with Gasteiger partial charge in [0.2, 0.25) is 0 Å². The second-order valence-electron chi connectivity index (χ2n) is 5.49. The average molecular weight is 463 g/mol. The molecule has 3 rings (SSSR count). The topological polar surface area (TPSA) is 181 Å². The fourth-order valence-electron chi connectivity index (χ4n) is 1.79. The van der Waals surface area contributed by atoms with Crippen LogP contribution in [0.25, 0.3) is 0 Å². The smallest absolute Gasteiger partial charge is 0.872 e. The summed E-state index contributed by atoms with van der Waals surface area (Å²) < 4.78 is 0. The zero-order chi connectivity index (χ0) is 22.7. The minimum Gasteiger partial charge on any atom is -0.872 e. The van der Waals surface area contributed by atoms with Gasteiger partial charge in [-0.25, -0.2) is 14.4 Å². The first-order valence-corrected chi connectivity index (χ1v) is 8.11. The van der Waals surface area contributed by atoms with Crippen LogP contribution >= 0.6 is 0 Å². The van der Waals surface area contributed by atoms with Crippen LogP contribution in [0, 0.1) is 0 Å². The summed E-state index contributed by atoms with van der Waals surface area (Å²) in [5, 5.41) is 56.5. The molecule has 159 valence electrons. The molecule has 0 unspecified atom stereocenters. The Hall–Kier alpha value is -4.00. The first-order valence-electron chi connectivity index (χ1n) is 8.11. The Morgan fingerprint density at radius 1 is 0.452 bits per heavy atom. The number of rotatable bonds is 3. The number of aromatic carboxylic acids is 3. The van der Waals surface area contributed by atoms with Crippen LogP contribution < -0.4 is 15.3 Å². The van der Waals surface area contributed by atoms with Gasteiger partial charge in [-0.2, -0.15) is 0 Å². The van der Waals surface area contributed by atoms with Crippen LogP contribution in [0.1, 0.15) is 31.1 Å². The number of benzene rings is 3. The minimum absolute atomic E-state index is 0. The summed E-state index contributed by atoms with van der Waals surface area (Å²) >= 11 is 0. The van der Waals surface area contributed by atoms with Gasteiger partial charge >= 0.3 is 35.3 Å². The van der Waals surface area contributed by atoms with Gasteiger partial charge in [-0.3, -0.25) is 0 Å². The second kappa shape index (κ2) is 13.3. The molecule has 0 aliphatic carbocycles. The van der Waals surface area contributed by atoms with E-state index in [1.807, 2.05) is 0 Å². The third-order valence-electron chi connectivity index (χ3n) is 3.30. The normalized spacial score (nSPS) is 8.90. The first kappa shape index (κ1) is 27.0. The molecule has 10 heteroatoms. The van der Waals surface area contributed by atoms with Gasteiger partial charge in [-0.1, -0.05) is 36.4 Å². The molecule has 3 aromatic rings. The Balaban J connectivity index is 0.000000429. The molecule has 0 fully saturated rings. The number of hydrogen-bond acceptors (Lipinski definition) is 6. The van der Waals surface area contributed by atoms with Gasteiger partial charge in [0.05, 0.1) is 16.7 Å². The molecule has 1 radical (unpaired) electrons. The molecule has 0 aliphatic heterocycles. The summed E-state index contributed by atoms with van der Waals surface area (Å²) in [7, 11) is 0. The Labute approximate surface area is 187 Å². The molecule has 0 saturated heterocycles. The standard InChI is InChI=1S/3C7H6O3.Cr/c3*8-6-3-1-5(2-4-6)7(9)10;/h3*1-4,8H,(H,9,10);/q;;;+3/p-3. The Morgan fingerprint density at radius 2 is 0.613 bits per heavy atom. The number of carbonyl (C=O) groups is 3. The van der Waals surface area contributed by atoms with Crippen molar-refractivity contribution < 1.29 is 62.4 Å². The van der Waals surface area contributed by atoms with E-state index in [9.17, 15) is 29.7 Å². The van der Waals surface area contributed by atoms with Gasteiger partial charge in [0.25, 0.3) is 0 Å². The summed E-state index contributed by atoms with van der Waals surface area (Å²) in [4.78, 5) is 30.6. The number of carboxylic acids is 3. The third-order valence-corrected chi connectivity index (χ3v) is 3.30. The fourth-order valence-corrected chi connectivity index (χ4v) is 1.79. The van der Waals surface area contributed by atoms with Crippen molar-refractivity contribution in [3.05, 3.63) is 89.5 Å².